The molecule has 0 saturated carbocycles. The number of rotatable bonds is 2. The first-order chi connectivity index (χ1) is 8.25. The third-order valence-electron chi connectivity index (χ3n) is 2.94. The molecule has 0 spiro atoms. The number of aromatic nitrogens is 2. The van der Waals surface area contributed by atoms with Gasteiger partial charge in [0.25, 0.3) is 0 Å². The van der Waals surface area contributed by atoms with E-state index < -0.39 is 12.0 Å². The lowest BCUT2D eigenvalue weighted by Gasteiger charge is -2.19. The number of aliphatic carboxylic acids is 1. The predicted molar refractivity (Wildman–Crippen MR) is 65.4 cm³/mol. The van der Waals surface area contributed by atoms with Crippen LogP contribution in [-0.4, -0.2) is 33.6 Å². The van der Waals surface area contributed by atoms with Gasteiger partial charge >= 0.3 is 5.97 Å². The van der Waals surface area contributed by atoms with Crippen LogP contribution < -0.4 is 4.90 Å². The number of anilines is 1. The topological polar surface area (TPSA) is 66.3 Å². The van der Waals surface area contributed by atoms with E-state index in [0.29, 0.717) is 6.42 Å². The van der Waals surface area contributed by atoms with Crippen molar-refractivity contribution in [3.8, 4) is 0 Å². The molecule has 1 aliphatic heterocycles. The molecular formula is C11H11N3O2S. The molecule has 2 aromatic heterocycles. The molecule has 17 heavy (non-hydrogen) atoms. The maximum atomic E-state index is 11.1. The van der Waals surface area contributed by atoms with Crippen LogP contribution >= 0.6 is 11.3 Å². The largest absolute Gasteiger partial charge is 0.480 e. The summed E-state index contributed by atoms with van der Waals surface area (Å²) in [6, 6.07) is 3.30. The van der Waals surface area contributed by atoms with Crippen LogP contribution in [-0.2, 0) is 4.79 Å². The van der Waals surface area contributed by atoms with Gasteiger partial charge in [0.2, 0.25) is 0 Å². The standard InChI is InChI=1S/C11H11N3O2S/c15-10(16)8-4-2-6-14(8)11-13-7-3-1-5-12-9(7)17-11/h1,3,5,8H,2,4,6H2,(H,15,16). The zero-order valence-electron chi connectivity index (χ0n) is 9.04. The highest BCUT2D eigenvalue weighted by molar-refractivity contribution is 7.21. The number of hydrogen-bond acceptors (Lipinski definition) is 5. The van der Waals surface area contributed by atoms with Crippen LogP contribution in [0.4, 0.5) is 5.13 Å². The van der Waals surface area contributed by atoms with Crippen molar-refractivity contribution in [2.24, 2.45) is 0 Å². The van der Waals surface area contributed by atoms with Crippen molar-refractivity contribution in [1.82, 2.24) is 9.97 Å². The number of carbonyl (C=O) groups is 1. The molecule has 0 bridgehead atoms. The summed E-state index contributed by atoms with van der Waals surface area (Å²) < 4.78 is 0. The summed E-state index contributed by atoms with van der Waals surface area (Å²) in [6.45, 7) is 0.761. The molecule has 3 rings (SSSR count). The Morgan fingerprint density at radius 3 is 3.24 bits per heavy atom. The van der Waals surface area contributed by atoms with Crippen molar-refractivity contribution in [3.05, 3.63) is 18.3 Å². The number of fused-ring (bicyclic) bond motifs is 1. The molecule has 6 heteroatoms. The summed E-state index contributed by atoms with van der Waals surface area (Å²) >= 11 is 1.46. The second-order valence-corrected chi connectivity index (χ2v) is 4.97. The molecule has 1 aliphatic rings. The average Bonchev–Trinajstić information content (AvgIpc) is 2.95. The first kappa shape index (κ1) is 10.5. The Bertz CT molecular complexity index is 536. The minimum absolute atomic E-state index is 0.435. The lowest BCUT2D eigenvalue weighted by molar-refractivity contribution is -0.138. The van der Waals surface area contributed by atoms with Crippen molar-refractivity contribution >= 4 is 32.8 Å². The van der Waals surface area contributed by atoms with E-state index in [9.17, 15) is 4.79 Å². The maximum Gasteiger partial charge on any atom is 0.326 e. The van der Waals surface area contributed by atoms with Gasteiger partial charge in [0, 0.05) is 12.7 Å². The highest BCUT2D eigenvalue weighted by atomic mass is 32.1. The lowest BCUT2D eigenvalue weighted by atomic mass is 10.2. The summed E-state index contributed by atoms with van der Waals surface area (Å²) in [5.41, 5.74) is 0.837. The molecule has 0 aliphatic carbocycles. The van der Waals surface area contributed by atoms with Crippen LogP contribution in [0, 0.1) is 0 Å². The molecular weight excluding hydrogens is 238 g/mol. The molecule has 1 saturated heterocycles. The highest BCUT2D eigenvalue weighted by Gasteiger charge is 2.32. The lowest BCUT2D eigenvalue weighted by Crippen LogP contribution is -2.35. The normalized spacial score (nSPS) is 20.0. The average molecular weight is 249 g/mol. The maximum absolute atomic E-state index is 11.1. The van der Waals surface area contributed by atoms with Gasteiger partial charge in [-0.3, -0.25) is 0 Å². The van der Waals surface area contributed by atoms with E-state index in [0.717, 1.165) is 28.4 Å². The van der Waals surface area contributed by atoms with Crippen LogP contribution in [0.25, 0.3) is 10.3 Å². The fourth-order valence-corrected chi connectivity index (χ4v) is 3.12. The van der Waals surface area contributed by atoms with Gasteiger partial charge in [-0.1, -0.05) is 11.3 Å². The molecule has 1 N–H and O–H groups in total. The number of carboxylic acid groups (broad SMARTS) is 1. The van der Waals surface area contributed by atoms with Crippen LogP contribution in [0.5, 0.6) is 0 Å². The molecule has 0 radical (unpaired) electrons. The van der Waals surface area contributed by atoms with Crippen LogP contribution in [0.3, 0.4) is 0 Å². The Labute approximate surface area is 102 Å². The number of hydrogen-bond donors (Lipinski definition) is 1. The first-order valence-corrected chi connectivity index (χ1v) is 6.28. The van der Waals surface area contributed by atoms with Gasteiger partial charge in [0.1, 0.15) is 16.4 Å². The minimum Gasteiger partial charge on any atom is -0.480 e. The molecule has 3 heterocycles. The Hall–Kier alpha value is -1.69. The summed E-state index contributed by atoms with van der Waals surface area (Å²) in [6.07, 6.45) is 3.32. The molecule has 0 aromatic carbocycles. The van der Waals surface area contributed by atoms with E-state index in [1.54, 1.807) is 6.20 Å². The molecule has 0 amide bonds. The van der Waals surface area contributed by atoms with Gasteiger partial charge in [-0.05, 0) is 25.0 Å². The van der Waals surface area contributed by atoms with Gasteiger partial charge in [-0.25, -0.2) is 14.8 Å². The van der Waals surface area contributed by atoms with Gasteiger partial charge in [0.05, 0.1) is 0 Å². The molecule has 88 valence electrons. The Morgan fingerprint density at radius 2 is 2.47 bits per heavy atom. The van der Waals surface area contributed by atoms with E-state index in [1.807, 2.05) is 17.0 Å². The second-order valence-electron chi connectivity index (χ2n) is 4.01. The van der Waals surface area contributed by atoms with Crippen LogP contribution in [0.2, 0.25) is 0 Å². The Balaban J connectivity index is 2.00. The fraction of sp³-hybridized carbons (Fsp3) is 0.364. The SMILES string of the molecule is O=C(O)C1CCCN1c1nc2cccnc2s1. The van der Waals surface area contributed by atoms with E-state index in [4.69, 9.17) is 5.11 Å². The highest BCUT2D eigenvalue weighted by Crippen LogP contribution is 2.32. The third kappa shape index (κ3) is 1.74. The molecule has 1 atom stereocenters. The number of thiazole rings is 1. The van der Waals surface area contributed by atoms with E-state index >= 15 is 0 Å². The molecule has 5 nitrogen and oxygen atoms in total. The number of carboxylic acids is 1. The van der Waals surface area contributed by atoms with E-state index in [-0.39, 0.29) is 0 Å². The van der Waals surface area contributed by atoms with Gasteiger partial charge in [0.15, 0.2) is 5.13 Å². The van der Waals surface area contributed by atoms with Crippen molar-refractivity contribution in [3.63, 3.8) is 0 Å². The van der Waals surface area contributed by atoms with Crippen LogP contribution in [0.15, 0.2) is 18.3 Å². The monoisotopic (exact) mass is 249 g/mol. The smallest absolute Gasteiger partial charge is 0.326 e. The van der Waals surface area contributed by atoms with E-state index in [2.05, 4.69) is 9.97 Å². The van der Waals surface area contributed by atoms with Crippen molar-refractivity contribution < 1.29 is 9.90 Å². The van der Waals surface area contributed by atoms with Crippen molar-refractivity contribution in [2.45, 2.75) is 18.9 Å². The first-order valence-electron chi connectivity index (χ1n) is 5.47. The zero-order valence-corrected chi connectivity index (χ0v) is 9.85. The summed E-state index contributed by atoms with van der Waals surface area (Å²) in [4.78, 5) is 22.5. The molecule has 2 aromatic rings. The number of pyridine rings is 1. The fourth-order valence-electron chi connectivity index (χ4n) is 2.13. The summed E-state index contributed by atoms with van der Waals surface area (Å²) in [5.74, 6) is -0.769. The van der Waals surface area contributed by atoms with Crippen molar-refractivity contribution in [1.29, 1.82) is 0 Å². The molecule has 1 unspecified atom stereocenters. The zero-order chi connectivity index (χ0) is 11.8. The third-order valence-corrected chi connectivity index (χ3v) is 3.95. The van der Waals surface area contributed by atoms with Crippen LogP contribution in [0.1, 0.15) is 12.8 Å². The summed E-state index contributed by atoms with van der Waals surface area (Å²) in [7, 11) is 0. The predicted octanol–water partition coefficient (Wildman–Crippen LogP) is 1.74. The van der Waals surface area contributed by atoms with Gasteiger partial charge in [-0.2, -0.15) is 0 Å². The Morgan fingerprint density at radius 1 is 1.59 bits per heavy atom. The van der Waals surface area contributed by atoms with Gasteiger partial charge in [-0.15, -0.1) is 0 Å². The quantitative estimate of drug-likeness (QED) is 0.878. The second kappa shape index (κ2) is 3.96. The molecule has 1 fully saturated rings. The minimum atomic E-state index is -0.769. The van der Waals surface area contributed by atoms with Gasteiger partial charge < -0.3 is 10.0 Å². The number of nitrogens with zero attached hydrogens (tertiary/aromatic N) is 3. The Kier molecular flexibility index (Phi) is 2.44. The summed E-state index contributed by atoms with van der Waals surface area (Å²) in [5, 5.41) is 9.91. The van der Waals surface area contributed by atoms with Crippen molar-refractivity contribution in [2.75, 3.05) is 11.4 Å². The van der Waals surface area contributed by atoms with E-state index in [1.165, 1.54) is 11.3 Å².